The molecule has 2 heterocycles. The maximum Gasteiger partial charge on any atom is 0.411 e. The highest BCUT2D eigenvalue weighted by Gasteiger charge is 2.52. The van der Waals surface area contributed by atoms with Crippen LogP contribution in [-0.4, -0.2) is 62.6 Å². The second-order valence-electron chi connectivity index (χ2n) is 12.5. The molecule has 49 heavy (non-hydrogen) atoms. The van der Waals surface area contributed by atoms with E-state index in [1.807, 2.05) is 6.07 Å². The first-order valence-corrected chi connectivity index (χ1v) is 15.5. The summed E-state index contributed by atoms with van der Waals surface area (Å²) in [5, 5.41) is 10.6. The molecule has 0 aliphatic carbocycles. The lowest BCUT2D eigenvalue weighted by atomic mass is 9.78. The van der Waals surface area contributed by atoms with Crippen molar-refractivity contribution in [2.75, 3.05) is 12.4 Å². The van der Waals surface area contributed by atoms with Gasteiger partial charge in [0.2, 0.25) is 0 Å². The minimum Gasteiger partial charge on any atom is -0.489 e. The first-order chi connectivity index (χ1) is 23.2. The predicted molar refractivity (Wildman–Crippen MR) is 178 cm³/mol. The quantitative estimate of drug-likeness (QED) is 0.0881. The van der Waals surface area contributed by atoms with Crippen molar-refractivity contribution in [2.45, 2.75) is 72.3 Å². The summed E-state index contributed by atoms with van der Waals surface area (Å²) >= 11 is 0. The first kappa shape index (κ1) is 36.2. The van der Waals surface area contributed by atoms with E-state index in [-0.39, 0.29) is 36.2 Å². The molecule has 1 unspecified atom stereocenters. The fraction of sp³-hybridized carbons (Fsp3) is 0.371. The summed E-state index contributed by atoms with van der Waals surface area (Å²) < 4.78 is 22.7. The van der Waals surface area contributed by atoms with E-state index in [2.05, 4.69) is 25.3 Å². The molecule has 1 atom stereocenters. The number of nitrogens with zero attached hydrogens (tertiary/aromatic N) is 4. The van der Waals surface area contributed by atoms with Crippen molar-refractivity contribution in [2.24, 2.45) is 5.41 Å². The van der Waals surface area contributed by atoms with E-state index >= 15 is 0 Å². The molecule has 0 saturated heterocycles. The number of hydrogen-bond acceptors (Lipinski definition) is 12. The van der Waals surface area contributed by atoms with Gasteiger partial charge in [-0.3, -0.25) is 24.5 Å². The third-order valence-electron chi connectivity index (χ3n) is 7.16. The van der Waals surface area contributed by atoms with Crippen molar-refractivity contribution >= 4 is 40.5 Å². The highest BCUT2D eigenvalue weighted by Crippen LogP contribution is 2.35. The SMILES string of the molecule is COC(=O)Nc1cccc(COc2ccc(C(=O)CC(CCn3nnc4cccnc4c3=O)(C(=O)OC(C)C)C(=O)OC(C)(C)C)cc2)c1. The molecule has 1 N–H and O–H groups in total. The van der Waals surface area contributed by atoms with Crippen molar-refractivity contribution in [3.63, 3.8) is 0 Å². The Kier molecular flexibility index (Phi) is 11.4. The smallest absolute Gasteiger partial charge is 0.411 e. The second kappa shape index (κ2) is 15.5. The maximum absolute atomic E-state index is 13.9. The Morgan fingerprint density at radius 3 is 2.37 bits per heavy atom. The van der Waals surface area contributed by atoms with Crippen molar-refractivity contribution in [3.8, 4) is 5.75 Å². The lowest BCUT2D eigenvalue weighted by Gasteiger charge is -2.33. The molecule has 0 spiro atoms. The van der Waals surface area contributed by atoms with Crippen LogP contribution in [0.5, 0.6) is 5.75 Å². The molecule has 0 fully saturated rings. The number of Topliss-reactive ketones (excluding diaryl/α,β-unsaturated/α-hetero) is 1. The van der Waals surface area contributed by atoms with Crippen molar-refractivity contribution in [3.05, 3.63) is 88.3 Å². The zero-order valence-corrected chi connectivity index (χ0v) is 28.2. The normalized spacial score (nSPS) is 12.6. The Balaban J connectivity index is 1.59. The van der Waals surface area contributed by atoms with Crippen LogP contribution in [0.4, 0.5) is 10.5 Å². The number of benzene rings is 2. The number of fused-ring (bicyclic) bond motifs is 1. The van der Waals surface area contributed by atoms with Gasteiger partial charge in [0.15, 0.2) is 16.7 Å². The van der Waals surface area contributed by atoms with E-state index in [9.17, 15) is 24.0 Å². The van der Waals surface area contributed by atoms with Gasteiger partial charge in [0.1, 0.15) is 23.5 Å². The summed E-state index contributed by atoms with van der Waals surface area (Å²) in [5.41, 5.74) is -1.86. The molecule has 14 nitrogen and oxygen atoms in total. The molecule has 0 saturated carbocycles. The summed E-state index contributed by atoms with van der Waals surface area (Å²) in [6.45, 7) is 8.06. The summed E-state index contributed by atoms with van der Waals surface area (Å²) in [6, 6.07) is 16.4. The number of ketones is 1. The minimum absolute atomic E-state index is 0.0640. The Labute approximate surface area is 282 Å². The van der Waals surface area contributed by atoms with Gasteiger partial charge in [0.05, 0.1) is 13.2 Å². The van der Waals surface area contributed by atoms with Gasteiger partial charge in [-0.2, -0.15) is 0 Å². The molecule has 4 aromatic rings. The Morgan fingerprint density at radius 2 is 1.69 bits per heavy atom. The molecule has 2 aromatic carbocycles. The van der Waals surface area contributed by atoms with E-state index in [1.165, 1.54) is 25.4 Å². The molecule has 2 aromatic heterocycles. The fourth-order valence-electron chi connectivity index (χ4n) is 4.76. The summed E-state index contributed by atoms with van der Waals surface area (Å²) in [6.07, 6.45) is -0.734. The molecule has 1 amide bonds. The first-order valence-electron chi connectivity index (χ1n) is 15.5. The number of methoxy groups -OCH3 is 1. The van der Waals surface area contributed by atoms with Crippen molar-refractivity contribution < 1.29 is 38.1 Å². The van der Waals surface area contributed by atoms with Gasteiger partial charge in [0, 0.05) is 30.4 Å². The number of anilines is 1. The second-order valence-corrected chi connectivity index (χ2v) is 12.5. The highest BCUT2D eigenvalue weighted by molar-refractivity contribution is 6.07. The van der Waals surface area contributed by atoms with Crippen molar-refractivity contribution in [1.82, 2.24) is 20.0 Å². The third-order valence-corrected chi connectivity index (χ3v) is 7.16. The number of carbonyl (C=O) groups is 4. The van der Waals surface area contributed by atoms with Crippen LogP contribution in [0.15, 0.2) is 71.7 Å². The number of hydrogen-bond donors (Lipinski definition) is 1. The zero-order chi connectivity index (χ0) is 35.8. The van der Waals surface area contributed by atoms with Crippen LogP contribution < -0.4 is 15.6 Å². The van der Waals surface area contributed by atoms with Crippen LogP contribution in [0.1, 0.15) is 63.4 Å². The van der Waals surface area contributed by atoms with E-state index in [0.717, 1.165) is 10.2 Å². The Bertz CT molecular complexity index is 1880. The lowest BCUT2D eigenvalue weighted by Crippen LogP contribution is -2.48. The molecular formula is C35H39N5O9. The van der Waals surface area contributed by atoms with E-state index < -0.39 is 52.9 Å². The monoisotopic (exact) mass is 673 g/mol. The van der Waals surface area contributed by atoms with Gasteiger partial charge in [-0.15, -0.1) is 5.10 Å². The zero-order valence-electron chi connectivity index (χ0n) is 28.2. The maximum atomic E-state index is 13.9. The van der Waals surface area contributed by atoms with E-state index in [1.54, 1.807) is 77.1 Å². The number of rotatable bonds is 13. The fourth-order valence-corrected chi connectivity index (χ4v) is 4.76. The van der Waals surface area contributed by atoms with Gasteiger partial charge >= 0.3 is 18.0 Å². The van der Waals surface area contributed by atoms with Crippen LogP contribution >= 0.6 is 0 Å². The third kappa shape index (κ3) is 9.46. The van der Waals surface area contributed by atoms with Gasteiger partial charge in [-0.25, -0.2) is 14.5 Å². The predicted octanol–water partition coefficient (Wildman–Crippen LogP) is 4.89. The Hall–Kier alpha value is -5.66. The Morgan fingerprint density at radius 1 is 0.959 bits per heavy atom. The summed E-state index contributed by atoms with van der Waals surface area (Å²) in [5.74, 6) is -2.03. The molecule has 0 aliphatic rings. The number of ether oxygens (including phenoxy) is 4. The number of pyridine rings is 1. The molecule has 0 aliphatic heterocycles. The van der Waals surface area contributed by atoms with Crippen LogP contribution in [0.3, 0.4) is 0 Å². The minimum atomic E-state index is -2.13. The van der Waals surface area contributed by atoms with Gasteiger partial charge in [-0.1, -0.05) is 17.3 Å². The van der Waals surface area contributed by atoms with Crippen LogP contribution in [0.2, 0.25) is 0 Å². The topological polar surface area (TPSA) is 178 Å². The largest absolute Gasteiger partial charge is 0.489 e. The molecule has 14 heteroatoms. The van der Waals surface area contributed by atoms with Crippen LogP contribution in [-0.2, 0) is 37.0 Å². The standard InChI is InChI=1S/C35H39N5O9/c1-22(2)48-31(43)35(32(44)49-34(3,4)5,16-18-40-30(42)29-27(38-39-40)11-8-17-36-29)20-28(41)24-12-14-26(15-13-24)47-21-23-9-7-10-25(19-23)37-33(45)46-6/h7-15,17,19,22H,16,18,20-21H2,1-6H3,(H,37,45). The molecule has 4 rings (SSSR count). The summed E-state index contributed by atoms with van der Waals surface area (Å²) in [7, 11) is 1.27. The van der Waals surface area contributed by atoms with Gasteiger partial charge in [-0.05, 0) is 95.1 Å². The van der Waals surface area contributed by atoms with Gasteiger partial charge in [0.25, 0.3) is 5.56 Å². The molecule has 0 bridgehead atoms. The highest BCUT2D eigenvalue weighted by atomic mass is 16.6. The number of aromatic nitrogens is 4. The van der Waals surface area contributed by atoms with Gasteiger partial charge < -0.3 is 18.9 Å². The molecule has 258 valence electrons. The molecular weight excluding hydrogens is 634 g/mol. The average Bonchev–Trinajstić information content (AvgIpc) is 3.05. The number of amides is 1. The van der Waals surface area contributed by atoms with Crippen LogP contribution in [0.25, 0.3) is 11.0 Å². The number of nitrogens with one attached hydrogen (secondary N) is 1. The van der Waals surface area contributed by atoms with Crippen molar-refractivity contribution in [1.29, 1.82) is 0 Å². The number of esters is 2. The van der Waals surface area contributed by atoms with E-state index in [0.29, 0.717) is 11.4 Å². The number of carbonyl (C=O) groups excluding carboxylic acids is 4. The van der Waals surface area contributed by atoms with E-state index in [4.69, 9.17) is 14.2 Å². The summed E-state index contributed by atoms with van der Waals surface area (Å²) in [4.78, 5) is 70.3. The average molecular weight is 674 g/mol. The molecule has 0 radical (unpaired) electrons. The van der Waals surface area contributed by atoms with Crippen LogP contribution in [0, 0.1) is 5.41 Å². The number of aryl methyl sites for hydroxylation is 1. The lowest BCUT2D eigenvalue weighted by molar-refractivity contribution is -0.182.